The van der Waals surface area contributed by atoms with E-state index in [1.807, 2.05) is 18.2 Å². The van der Waals surface area contributed by atoms with Crippen LogP contribution in [0.2, 0.25) is 5.02 Å². The lowest BCUT2D eigenvalue weighted by Gasteiger charge is -2.20. The highest BCUT2D eigenvalue weighted by molar-refractivity contribution is 6.30. The third kappa shape index (κ3) is 4.01. The van der Waals surface area contributed by atoms with Crippen molar-refractivity contribution in [2.45, 2.75) is 25.0 Å². The van der Waals surface area contributed by atoms with Gasteiger partial charge in [0.15, 0.2) is 0 Å². The number of hydrogen-bond donors (Lipinski definition) is 2. The molecule has 7 nitrogen and oxygen atoms in total. The first-order chi connectivity index (χ1) is 12.5. The van der Waals surface area contributed by atoms with Crippen LogP contribution in [0.15, 0.2) is 48.5 Å². The number of amides is 1. The van der Waals surface area contributed by atoms with Gasteiger partial charge in [-0.05, 0) is 24.1 Å². The molecule has 0 radical (unpaired) electrons. The van der Waals surface area contributed by atoms with Crippen LogP contribution in [-0.2, 0) is 11.3 Å². The Labute approximate surface area is 156 Å². The topological polar surface area (TPSA) is 87.5 Å². The maximum Gasteiger partial charge on any atom is 0.274 e. The normalized spacial score (nSPS) is 19.3. The van der Waals surface area contributed by atoms with Gasteiger partial charge >= 0.3 is 0 Å². The SMILES string of the molecule is CN(Cc1ccccc1[N+](=O)[O-])C(=O)C1CC(c2cccc(Cl)c2)NN1. The lowest BCUT2D eigenvalue weighted by molar-refractivity contribution is -0.385. The second-order valence-electron chi connectivity index (χ2n) is 6.26. The number of carbonyl (C=O) groups excluding carboxylic acids is 1. The molecule has 3 rings (SSSR count). The van der Waals surface area contributed by atoms with Gasteiger partial charge in [0.25, 0.3) is 5.69 Å². The summed E-state index contributed by atoms with van der Waals surface area (Å²) in [6, 6.07) is 13.5. The van der Waals surface area contributed by atoms with Gasteiger partial charge in [-0.1, -0.05) is 41.9 Å². The average molecular weight is 375 g/mol. The van der Waals surface area contributed by atoms with Crippen LogP contribution in [0.5, 0.6) is 0 Å². The summed E-state index contributed by atoms with van der Waals surface area (Å²) >= 11 is 6.02. The number of likely N-dealkylation sites (N-methyl/N-ethyl adjacent to an activating group) is 1. The van der Waals surface area contributed by atoms with E-state index in [9.17, 15) is 14.9 Å². The lowest BCUT2D eigenvalue weighted by Crippen LogP contribution is -2.43. The number of halogens is 1. The predicted octanol–water partition coefficient (Wildman–Crippen LogP) is 2.81. The van der Waals surface area contributed by atoms with Crippen molar-refractivity contribution in [3.8, 4) is 0 Å². The Morgan fingerprint density at radius 2 is 2.04 bits per heavy atom. The van der Waals surface area contributed by atoms with E-state index in [0.717, 1.165) is 5.56 Å². The number of hydrogen-bond acceptors (Lipinski definition) is 5. The number of nitro groups is 1. The molecule has 0 aliphatic carbocycles. The first-order valence-corrected chi connectivity index (χ1v) is 8.57. The smallest absolute Gasteiger partial charge is 0.274 e. The Kier molecular flexibility index (Phi) is 5.51. The molecule has 1 aliphatic heterocycles. The molecule has 1 aliphatic rings. The van der Waals surface area contributed by atoms with Gasteiger partial charge in [0.05, 0.1) is 11.5 Å². The van der Waals surface area contributed by atoms with E-state index in [-0.39, 0.29) is 24.2 Å². The van der Waals surface area contributed by atoms with Crippen molar-refractivity contribution in [1.29, 1.82) is 0 Å². The Bertz CT molecular complexity index is 830. The van der Waals surface area contributed by atoms with Crippen LogP contribution in [0.4, 0.5) is 5.69 Å². The summed E-state index contributed by atoms with van der Waals surface area (Å²) in [5.74, 6) is -0.125. The summed E-state index contributed by atoms with van der Waals surface area (Å²) in [6.45, 7) is 0.177. The summed E-state index contributed by atoms with van der Waals surface area (Å²) in [4.78, 5) is 24.9. The minimum Gasteiger partial charge on any atom is -0.340 e. The molecule has 2 aromatic carbocycles. The zero-order valence-corrected chi connectivity index (χ0v) is 14.9. The summed E-state index contributed by atoms with van der Waals surface area (Å²) in [6.07, 6.45) is 0.570. The van der Waals surface area contributed by atoms with Crippen molar-refractivity contribution in [1.82, 2.24) is 15.8 Å². The van der Waals surface area contributed by atoms with Crippen molar-refractivity contribution in [3.05, 3.63) is 74.8 Å². The summed E-state index contributed by atoms with van der Waals surface area (Å²) < 4.78 is 0. The minimum absolute atomic E-state index is 0.0152. The number of benzene rings is 2. The van der Waals surface area contributed by atoms with Gasteiger partial charge in [0.1, 0.15) is 6.04 Å². The third-order valence-corrected chi connectivity index (χ3v) is 4.66. The molecular weight excluding hydrogens is 356 g/mol. The number of para-hydroxylation sites is 1. The highest BCUT2D eigenvalue weighted by atomic mass is 35.5. The van der Waals surface area contributed by atoms with Gasteiger partial charge in [-0.25, -0.2) is 10.9 Å². The molecule has 1 heterocycles. The molecular formula is C18H19ClN4O3. The molecule has 1 fully saturated rings. The van der Waals surface area contributed by atoms with Crippen LogP contribution in [0.3, 0.4) is 0 Å². The predicted molar refractivity (Wildman–Crippen MR) is 98.4 cm³/mol. The maximum atomic E-state index is 12.7. The summed E-state index contributed by atoms with van der Waals surface area (Å²) in [5, 5.41) is 11.8. The second-order valence-corrected chi connectivity index (χ2v) is 6.70. The first-order valence-electron chi connectivity index (χ1n) is 8.19. The first kappa shape index (κ1) is 18.3. The van der Waals surface area contributed by atoms with E-state index in [1.165, 1.54) is 11.0 Å². The quantitative estimate of drug-likeness (QED) is 0.620. The van der Waals surface area contributed by atoms with Crippen LogP contribution in [0.1, 0.15) is 23.6 Å². The van der Waals surface area contributed by atoms with Crippen molar-refractivity contribution >= 4 is 23.2 Å². The zero-order chi connectivity index (χ0) is 18.7. The van der Waals surface area contributed by atoms with Gasteiger partial charge < -0.3 is 4.90 Å². The monoisotopic (exact) mass is 374 g/mol. The molecule has 0 saturated carbocycles. The number of nitro benzene ring substituents is 1. The standard InChI is InChI=1S/C18H19ClN4O3/c1-22(11-13-5-2-3-8-17(13)23(25)26)18(24)16-10-15(20-21-16)12-6-4-7-14(19)9-12/h2-9,15-16,20-21H,10-11H2,1H3. The van der Waals surface area contributed by atoms with E-state index in [0.29, 0.717) is 17.0 Å². The van der Waals surface area contributed by atoms with E-state index in [4.69, 9.17) is 11.6 Å². The fourth-order valence-corrected chi connectivity index (χ4v) is 3.28. The lowest BCUT2D eigenvalue weighted by atomic mass is 10.0. The largest absolute Gasteiger partial charge is 0.340 e. The van der Waals surface area contributed by atoms with E-state index in [1.54, 1.807) is 31.3 Å². The molecule has 0 aromatic heterocycles. The van der Waals surface area contributed by atoms with Crippen LogP contribution < -0.4 is 10.9 Å². The summed E-state index contributed by atoms with van der Waals surface area (Å²) in [5.41, 5.74) is 7.65. The number of hydrazine groups is 1. The molecule has 8 heteroatoms. The molecule has 26 heavy (non-hydrogen) atoms. The van der Waals surface area contributed by atoms with Crippen LogP contribution in [0.25, 0.3) is 0 Å². The number of nitrogens with zero attached hydrogens (tertiary/aromatic N) is 2. The Balaban J connectivity index is 1.66. The number of rotatable bonds is 5. The van der Waals surface area contributed by atoms with Gasteiger partial charge in [-0.2, -0.15) is 0 Å². The minimum atomic E-state index is -0.432. The average Bonchev–Trinajstić information content (AvgIpc) is 3.11. The van der Waals surface area contributed by atoms with E-state index < -0.39 is 11.0 Å². The van der Waals surface area contributed by atoms with Crippen LogP contribution in [0, 0.1) is 10.1 Å². The Hall–Kier alpha value is -2.48. The highest BCUT2D eigenvalue weighted by Crippen LogP contribution is 2.26. The molecule has 1 amide bonds. The molecule has 2 atom stereocenters. The van der Waals surface area contributed by atoms with Crippen molar-refractivity contribution in [3.63, 3.8) is 0 Å². The van der Waals surface area contributed by atoms with Crippen molar-refractivity contribution in [2.75, 3.05) is 7.05 Å². The molecule has 2 aromatic rings. The Morgan fingerprint density at radius 1 is 1.27 bits per heavy atom. The van der Waals surface area contributed by atoms with Crippen molar-refractivity contribution in [2.24, 2.45) is 0 Å². The molecule has 2 N–H and O–H groups in total. The number of carbonyl (C=O) groups is 1. The fourth-order valence-electron chi connectivity index (χ4n) is 3.08. The van der Waals surface area contributed by atoms with E-state index >= 15 is 0 Å². The highest BCUT2D eigenvalue weighted by Gasteiger charge is 2.32. The molecule has 2 unspecified atom stereocenters. The van der Waals surface area contributed by atoms with Gasteiger partial charge in [-0.3, -0.25) is 14.9 Å². The van der Waals surface area contributed by atoms with Crippen molar-refractivity contribution < 1.29 is 9.72 Å². The zero-order valence-electron chi connectivity index (χ0n) is 14.2. The maximum absolute atomic E-state index is 12.7. The third-order valence-electron chi connectivity index (χ3n) is 4.42. The fraction of sp³-hybridized carbons (Fsp3) is 0.278. The van der Waals surface area contributed by atoms with Crippen LogP contribution in [-0.4, -0.2) is 28.8 Å². The molecule has 0 spiro atoms. The summed E-state index contributed by atoms with van der Waals surface area (Å²) in [7, 11) is 1.65. The van der Waals surface area contributed by atoms with Gasteiger partial charge in [0, 0.05) is 29.7 Å². The Morgan fingerprint density at radius 3 is 2.77 bits per heavy atom. The molecule has 136 valence electrons. The van der Waals surface area contributed by atoms with E-state index in [2.05, 4.69) is 10.9 Å². The number of nitrogens with one attached hydrogen (secondary N) is 2. The van der Waals surface area contributed by atoms with Gasteiger partial charge in [-0.15, -0.1) is 0 Å². The van der Waals surface area contributed by atoms with Crippen LogP contribution >= 0.6 is 11.6 Å². The molecule has 1 saturated heterocycles. The van der Waals surface area contributed by atoms with Gasteiger partial charge in [0.2, 0.25) is 5.91 Å². The molecule has 0 bridgehead atoms. The second kappa shape index (κ2) is 7.82.